The Kier molecular flexibility index (Phi) is 6.66. The number of hydrogen-bond acceptors (Lipinski definition) is 5. The van der Waals surface area contributed by atoms with Gasteiger partial charge < -0.3 is 25.3 Å². The van der Waals surface area contributed by atoms with E-state index in [1.54, 1.807) is 25.3 Å². The van der Waals surface area contributed by atoms with Crippen molar-refractivity contribution < 1.29 is 14.7 Å². The molecule has 1 rings (SSSR count). The van der Waals surface area contributed by atoms with E-state index in [0.29, 0.717) is 23.7 Å². The molecule has 0 amide bonds. The quantitative estimate of drug-likeness (QED) is 0.327. The largest absolute Gasteiger partial charge is 0.497 e. The van der Waals surface area contributed by atoms with Crippen LogP contribution < -0.4 is 15.2 Å². The fraction of sp³-hybridized carbons (Fsp3) is 0.500. The second kappa shape index (κ2) is 8.27. The Morgan fingerprint density at radius 1 is 1.35 bits per heavy atom. The Labute approximate surface area is 119 Å². The molecule has 6 heteroatoms. The lowest BCUT2D eigenvalue weighted by molar-refractivity contribution is 0.222. The molecule has 0 unspecified atom stereocenters. The fourth-order valence-corrected chi connectivity index (χ4v) is 1.84. The number of ether oxygens (including phenoxy) is 2. The average molecular weight is 281 g/mol. The first-order chi connectivity index (χ1) is 9.65. The number of benzene rings is 1. The molecule has 1 aromatic carbocycles. The first-order valence-corrected chi connectivity index (χ1v) is 6.67. The number of nitrogens with zero attached hydrogens (tertiary/aromatic N) is 2. The maximum atomic E-state index is 8.80. The summed E-state index contributed by atoms with van der Waals surface area (Å²) >= 11 is 0. The number of oxime groups is 1. The number of rotatable bonds is 8. The Balaban J connectivity index is 2.80. The van der Waals surface area contributed by atoms with Crippen LogP contribution in [0.25, 0.3) is 0 Å². The third-order valence-electron chi connectivity index (χ3n) is 3.13. The molecule has 0 fully saturated rings. The van der Waals surface area contributed by atoms with Gasteiger partial charge in [-0.2, -0.15) is 0 Å². The van der Waals surface area contributed by atoms with Crippen LogP contribution in [0.15, 0.2) is 23.4 Å². The highest BCUT2D eigenvalue weighted by atomic mass is 16.5. The molecule has 0 aliphatic rings. The van der Waals surface area contributed by atoms with E-state index in [4.69, 9.17) is 20.4 Å². The van der Waals surface area contributed by atoms with Gasteiger partial charge in [0.05, 0.1) is 12.7 Å². The van der Waals surface area contributed by atoms with Gasteiger partial charge in [-0.1, -0.05) is 19.0 Å². The lowest BCUT2D eigenvalue weighted by atomic mass is 10.2. The van der Waals surface area contributed by atoms with Crippen LogP contribution in [0.5, 0.6) is 11.5 Å². The maximum Gasteiger partial charge on any atom is 0.173 e. The molecule has 0 radical (unpaired) electrons. The van der Waals surface area contributed by atoms with Gasteiger partial charge in [0.2, 0.25) is 0 Å². The highest BCUT2D eigenvalue weighted by Crippen LogP contribution is 2.24. The van der Waals surface area contributed by atoms with Crippen molar-refractivity contribution in [2.75, 3.05) is 33.4 Å². The van der Waals surface area contributed by atoms with Crippen molar-refractivity contribution in [3.05, 3.63) is 23.8 Å². The van der Waals surface area contributed by atoms with Gasteiger partial charge >= 0.3 is 0 Å². The minimum Gasteiger partial charge on any atom is -0.497 e. The molecule has 1 aromatic rings. The first kappa shape index (κ1) is 16.1. The summed E-state index contributed by atoms with van der Waals surface area (Å²) < 4.78 is 10.9. The minimum absolute atomic E-state index is 0.0190. The standard InChI is InChI=1S/C14H23N3O3/c1-4-17(5-2)8-9-20-13-10-11(19-3)6-7-12(13)14(15)16-18/h6-7,10,18H,4-5,8-9H2,1-3H3,(H2,15,16). The number of nitrogens with two attached hydrogens (primary N) is 1. The molecule has 0 bridgehead atoms. The summed E-state index contributed by atoms with van der Waals surface area (Å²) in [6.07, 6.45) is 0. The highest BCUT2D eigenvalue weighted by Gasteiger charge is 2.10. The van der Waals surface area contributed by atoms with Gasteiger partial charge in [-0.3, -0.25) is 0 Å². The molecule has 0 heterocycles. The van der Waals surface area contributed by atoms with Crippen molar-refractivity contribution >= 4 is 5.84 Å². The molecule has 0 spiro atoms. The van der Waals surface area contributed by atoms with E-state index in [-0.39, 0.29) is 5.84 Å². The van der Waals surface area contributed by atoms with Crippen molar-refractivity contribution in [1.82, 2.24) is 4.90 Å². The first-order valence-electron chi connectivity index (χ1n) is 6.67. The van der Waals surface area contributed by atoms with Crippen LogP contribution in [0.3, 0.4) is 0 Å². The lowest BCUT2D eigenvalue weighted by Crippen LogP contribution is -2.28. The van der Waals surface area contributed by atoms with Gasteiger partial charge in [-0.15, -0.1) is 0 Å². The van der Waals surface area contributed by atoms with Gasteiger partial charge in [0, 0.05) is 12.6 Å². The van der Waals surface area contributed by atoms with E-state index in [1.807, 2.05) is 0 Å². The molecule has 3 N–H and O–H groups in total. The summed E-state index contributed by atoms with van der Waals surface area (Å²) in [7, 11) is 1.58. The second-order valence-electron chi connectivity index (χ2n) is 4.22. The monoisotopic (exact) mass is 281 g/mol. The van der Waals surface area contributed by atoms with E-state index < -0.39 is 0 Å². The molecule has 0 aliphatic heterocycles. The van der Waals surface area contributed by atoms with Crippen molar-refractivity contribution in [3.8, 4) is 11.5 Å². The van der Waals surface area contributed by atoms with Gasteiger partial charge in [0.1, 0.15) is 18.1 Å². The van der Waals surface area contributed by atoms with Gasteiger partial charge in [-0.25, -0.2) is 0 Å². The molecular formula is C14H23N3O3. The normalized spacial score (nSPS) is 11.7. The van der Waals surface area contributed by atoms with Crippen LogP contribution in [0.2, 0.25) is 0 Å². The van der Waals surface area contributed by atoms with Crippen LogP contribution in [0.4, 0.5) is 0 Å². The number of amidine groups is 1. The Bertz CT molecular complexity index is 445. The molecule has 6 nitrogen and oxygen atoms in total. The van der Waals surface area contributed by atoms with Crippen LogP contribution >= 0.6 is 0 Å². The lowest BCUT2D eigenvalue weighted by Gasteiger charge is -2.19. The summed E-state index contributed by atoms with van der Waals surface area (Å²) in [5.74, 6) is 1.23. The van der Waals surface area contributed by atoms with E-state index in [1.165, 1.54) is 0 Å². The molecular weight excluding hydrogens is 258 g/mol. The molecule has 0 saturated carbocycles. The second-order valence-corrected chi connectivity index (χ2v) is 4.22. The summed E-state index contributed by atoms with van der Waals surface area (Å²) in [5.41, 5.74) is 6.19. The van der Waals surface area contributed by atoms with Crippen LogP contribution in [-0.4, -0.2) is 49.3 Å². The molecule has 112 valence electrons. The third-order valence-corrected chi connectivity index (χ3v) is 3.13. The predicted octanol–water partition coefficient (Wildman–Crippen LogP) is 1.51. The summed E-state index contributed by atoms with van der Waals surface area (Å²) in [6, 6.07) is 5.18. The summed E-state index contributed by atoms with van der Waals surface area (Å²) in [6.45, 7) is 7.52. The smallest absolute Gasteiger partial charge is 0.173 e. The topological polar surface area (TPSA) is 80.3 Å². The summed E-state index contributed by atoms with van der Waals surface area (Å²) in [4.78, 5) is 2.25. The molecule has 20 heavy (non-hydrogen) atoms. The van der Waals surface area contributed by atoms with Crippen LogP contribution in [0, 0.1) is 0 Å². The predicted molar refractivity (Wildman–Crippen MR) is 78.8 cm³/mol. The Morgan fingerprint density at radius 3 is 2.60 bits per heavy atom. The Morgan fingerprint density at radius 2 is 2.05 bits per heavy atom. The van der Waals surface area contributed by atoms with Crippen molar-refractivity contribution in [2.24, 2.45) is 10.9 Å². The van der Waals surface area contributed by atoms with E-state index in [2.05, 4.69) is 23.9 Å². The zero-order chi connectivity index (χ0) is 15.0. The molecule has 0 aliphatic carbocycles. The van der Waals surface area contributed by atoms with Gasteiger partial charge in [0.15, 0.2) is 5.84 Å². The maximum absolute atomic E-state index is 8.80. The summed E-state index contributed by atoms with van der Waals surface area (Å²) in [5, 5.41) is 11.8. The van der Waals surface area contributed by atoms with Crippen LogP contribution in [-0.2, 0) is 0 Å². The van der Waals surface area contributed by atoms with Gasteiger partial charge in [0.25, 0.3) is 0 Å². The van der Waals surface area contributed by atoms with Crippen molar-refractivity contribution in [3.63, 3.8) is 0 Å². The third kappa shape index (κ3) is 4.31. The average Bonchev–Trinajstić information content (AvgIpc) is 2.50. The number of methoxy groups -OCH3 is 1. The molecule has 0 aromatic heterocycles. The van der Waals surface area contributed by atoms with Crippen molar-refractivity contribution in [2.45, 2.75) is 13.8 Å². The fourth-order valence-electron chi connectivity index (χ4n) is 1.84. The number of hydrogen-bond donors (Lipinski definition) is 2. The van der Waals surface area contributed by atoms with Gasteiger partial charge in [-0.05, 0) is 25.2 Å². The number of likely N-dealkylation sites (N-methyl/N-ethyl adjacent to an activating group) is 1. The van der Waals surface area contributed by atoms with Crippen molar-refractivity contribution in [1.29, 1.82) is 0 Å². The zero-order valence-electron chi connectivity index (χ0n) is 12.3. The minimum atomic E-state index is 0.0190. The molecule has 0 atom stereocenters. The molecule has 0 saturated heterocycles. The van der Waals surface area contributed by atoms with E-state index in [9.17, 15) is 0 Å². The van der Waals surface area contributed by atoms with Crippen LogP contribution in [0.1, 0.15) is 19.4 Å². The van der Waals surface area contributed by atoms with E-state index >= 15 is 0 Å². The van der Waals surface area contributed by atoms with E-state index in [0.717, 1.165) is 19.6 Å². The SMILES string of the molecule is CCN(CC)CCOc1cc(OC)ccc1/C(N)=N/O. The highest BCUT2D eigenvalue weighted by molar-refractivity contribution is 5.99. The Hall–Kier alpha value is -1.95. The zero-order valence-corrected chi connectivity index (χ0v) is 12.3.